The zero-order valence-electron chi connectivity index (χ0n) is 10.2. The molecule has 1 fully saturated rings. The van der Waals surface area contributed by atoms with Crippen LogP contribution in [0, 0.1) is 0 Å². The lowest BCUT2D eigenvalue weighted by molar-refractivity contribution is -0.0370. The van der Waals surface area contributed by atoms with Crippen molar-refractivity contribution in [2.24, 2.45) is 0 Å². The molecule has 6 heteroatoms. The topological polar surface area (TPSA) is 42.4 Å². The van der Waals surface area contributed by atoms with Crippen molar-refractivity contribution in [1.82, 2.24) is 9.88 Å². The van der Waals surface area contributed by atoms with E-state index in [9.17, 15) is 4.79 Å². The average Bonchev–Trinajstić information content (AvgIpc) is 2.31. The Labute approximate surface area is 116 Å². The lowest BCUT2D eigenvalue weighted by Crippen LogP contribution is -2.55. The van der Waals surface area contributed by atoms with E-state index in [2.05, 4.69) is 4.98 Å². The van der Waals surface area contributed by atoms with E-state index in [1.54, 1.807) is 4.90 Å². The predicted octanol–water partition coefficient (Wildman–Crippen LogP) is 2.64. The van der Waals surface area contributed by atoms with Crippen molar-refractivity contribution in [3.8, 4) is 0 Å². The van der Waals surface area contributed by atoms with Gasteiger partial charge in [-0.3, -0.25) is 4.79 Å². The van der Waals surface area contributed by atoms with Crippen molar-refractivity contribution < 1.29 is 9.53 Å². The van der Waals surface area contributed by atoms with Crippen molar-refractivity contribution in [3.05, 3.63) is 28.0 Å². The summed E-state index contributed by atoms with van der Waals surface area (Å²) in [5.74, 6) is -0.141. The number of carbonyl (C=O) groups is 1. The van der Waals surface area contributed by atoms with Gasteiger partial charge in [-0.05, 0) is 19.9 Å². The molecule has 1 amide bonds. The molecule has 1 aromatic heterocycles. The maximum absolute atomic E-state index is 12.5. The highest BCUT2D eigenvalue weighted by Crippen LogP contribution is 2.25. The van der Waals surface area contributed by atoms with Gasteiger partial charge < -0.3 is 9.64 Å². The van der Waals surface area contributed by atoms with Crippen LogP contribution in [0.2, 0.25) is 10.2 Å². The fourth-order valence-electron chi connectivity index (χ4n) is 1.96. The molecule has 4 nitrogen and oxygen atoms in total. The third-order valence-electron chi connectivity index (χ3n) is 2.94. The number of pyridine rings is 1. The minimum atomic E-state index is -0.353. The van der Waals surface area contributed by atoms with Gasteiger partial charge in [0.15, 0.2) is 0 Å². The summed E-state index contributed by atoms with van der Waals surface area (Å²) in [4.78, 5) is 18.1. The summed E-state index contributed by atoms with van der Waals surface area (Å²) in [6, 6.07) is 1.50. The summed E-state index contributed by atoms with van der Waals surface area (Å²) >= 11 is 11.8. The molecule has 0 radical (unpaired) electrons. The molecule has 0 spiro atoms. The fraction of sp³-hybridized carbons (Fsp3) is 0.500. The minimum absolute atomic E-state index is 0.141. The number of morpholine rings is 1. The lowest BCUT2D eigenvalue weighted by Gasteiger charge is -2.42. The molecule has 0 N–H and O–H groups in total. The second-order valence-electron chi connectivity index (χ2n) is 4.81. The van der Waals surface area contributed by atoms with Gasteiger partial charge in [0.1, 0.15) is 5.15 Å². The van der Waals surface area contributed by atoms with E-state index in [1.807, 2.05) is 13.8 Å². The van der Waals surface area contributed by atoms with E-state index < -0.39 is 0 Å². The Morgan fingerprint density at radius 1 is 1.50 bits per heavy atom. The number of hydrogen-bond donors (Lipinski definition) is 0. The van der Waals surface area contributed by atoms with E-state index in [1.165, 1.54) is 12.3 Å². The van der Waals surface area contributed by atoms with Crippen LogP contribution >= 0.6 is 23.2 Å². The summed E-state index contributed by atoms with van der Waals surface area (Å²) in [5, 5.41) is 0.570. The highest BCUT2D eigenvalue weighted by Gasteiger charge is 2.35. The first-order chi connectivity index (χ1) is 8.42. The predicted molar refractivity (Wildman–Crippen MR) is 70.2 cm³/mol. The molecule has 2 heterocycles. The summed E-state index contributed by atoms with van der Waals surface area (Å²) in [6.07, 6.45) is 1.39. The highest BCUT2D eigenvalue weighted by atomic mass is 35.5. The van der Waals surface area contributed by atoms with Crippen LogP contribution in [0.25, 0.3) is 0 Å². The minimum Gasteiger partial charge on any atom is -0.377 e. The number of carbonyl (C=O) groups excluding carboxylic acids is 1. The van der Waals surface area contributed by atoms with E-state index in [4.69, 9.17) is 27.9 Å². The molecular weight excluding hydrogens is 275 g/mol. The third-order valence-corrected chi connectivity index (χ3v) is 3.45. The number of halogens is 2. The Bertz CT molecular complexity index is 477. The van der Waals surface area contributed by atoms with E-state index >= 15 is 0 Å². The van der Waals surface area contributed by atoms with Crippen LogP contribution < -0.4 is 0 Å². The number of hydrogen-bond acceptors (Lipinski definition) is 3. The molecule has 2 rings (SSSR count). The smallest absolute Gasteiger partial charge is 0.256 e. The second kappa shape index (κ2) is 5.03. The molecule has 0 atom stereocenters. The fourth-order valence-corrected chi connectivity index (χ4v) is 2.30. The molecule has 0 unspecified atom stereocenters. The SMILES string of the molecule is CC1(C)COCCN1C(=O)c1cc(Cl)ncc1Cl. The Morgan fingerprint density at radius 3 is 2.89 bits per heavy atom. The molecule has 1 aliphatic heterocycles. The first-order valence-corrected chi connectivity index (χ1v) is 6.38. The highest BCUT2D eigenvalue weighted by molar-refractivity contribution is 6.35. The molecule has 1 aliphatic rings. The van der Waals surface area contributed by atoms with Crippen LogP contribution in [0.3, 0.4) is 0 Å². The standard InChI is InChI=1S/C12H14Cl2N2O2/c1-12(2)7-18-4-3-16(12)11(17)8-5-10(14)15-6-9(8)13/h5-6H,3-4,7H2,1-2H3. The maximum Gasteiger partial charge on any atom is 0.256 e. The Balaban J connectivity index is 2.33. The van der Waals surface area contributed by atoms with Gasteiger partial charge >= 0.3 is 0 Å². The molecule has 0 aliphatic carbocycles. The molecule has 1 saturated heterocycles. The second-order valence-corrected chi connectivity index (χ2v) is 5.60. The Morgan fingerprint density at radius 2 is 2.22 bits per heavy atom. The lowest BCUT2D eigenvalue weighted by atomic mass is 10.0. The van der Waals surface area contributed by atoms with Gasteiger partial charge in [-0.25, -0.2) is 4.98 Å². The summed E-state index contributed by atoms with van der Waals surface area (Å²) < 4.78 is 5.39. The monoisotopic (exact) mass is 288 g/mol. The normalized spacial score (nSPS) is 18.8. The van der Waals surface area contributed by atoms with Crippen molar-refractivity contribution >= 4 is 29.1 Å². The zero-order valence-corrected chi connectivity index (χ0v) is 11.8. The number of nitrogens with zero attached hydrogens (tertiary/aromatic N) is 2. The van der Waals surface area contributed by atoms with Gasteiger partial charge in [0.2, 0.25) is 0 Å². The van der Waals surface area contributed by atoms with Crippen LogP contribution in [0.5, 0.6) is 0 Å². The summed E-state index contributed by atoms with van der Waals surface area (Å²) in [7, 11) is 0. The summed E-state index contributed by atoms with van der Waals surface area (Å²) in [6.45, 7) is 5.50. The molecule has 98 valence electrons. The molecule has 0 saturated carbocycles. The van der Waals surface area contributed by atoms with Gasteiger partial charge in [0.05, 0.1) is 29.3 Å². The van der Waals surface area contributed by atoms with Gasteiger partial charge in [0.25, 0.3) is 5.91 Å². The molecule has 18 heavy (non-hydrogen) atoms. The van der Waals surface area contributed by atoms with Crippen LogP contribution in [-0.4, -0.2) is 41.1 Å². The number of aromatic nitrogens is 1. The number of rotatable bonds is 1. The Kier molecular flexibility index (Phi) is 3.80. The van der Waals surface area contributed by atoms with Crippen molar-refractivity contribution in [3.63, 3.8) is 0 Å². The average molecular weight is 289 g/mol. The van der Waals surface area contributed by atoms with Crippen LogP contribution in [0.4, 0.5) is 0 Å². The molecular formula is C12H14Cl2N2O2. The van der Waals surface area contributed by atoms with Crippen LogP contribution in [0.1, 0.15) is 24.2 Å². The third kappa shape index (κ3) is 2.60. The Hall–Kier alpha value is -0.840. The van der Waals surface area contributed by atoms with Crippen LogP contribution in [-0.2, 0) is 4.74 Å². The van der Waals surface area contributed by atoms with Crippen molar-refractivity contribution in [1.29, 1.82) is 0 Å². The molecule has 0 aromatic carbocycles. The number of ether oxygens (including phenoxy) is 1. The largest absolute Gasteiger partial charge is 0.377 e. The van der Waals surface area contributed by atoms with E-state index in [-0.39, 0.29) is 16.6 Å². The van der Waals surface area contributed by atoms with E-state index in [0.717, 1.165) is 0 Å². The van der Waals surface area contributed by atoms with Crippen molar-refractivity contribution in [2.45, 2.75) is 19.4 Å². The van der Waals surface area contributed by atoms with E-state index in [0.29, 0.717) is 30.3 Å². The van der Waals surface area contributed by atoms with Crippen LogP contribution in [0.15, 0.2) is 12.3 Å². The van der Waals surface area contributed by atoms with Gasteiger partial charge in [-0.15, -0.1) is 0 Å². The van der Waals surface area contributed by atoms with Crippen molar-refractivity contribution in [2.75, 3.05) is 19.8 Å². The van der Waals surface area contributed by atoms with Gasteiger partial charge in [-0.2, -0.15) is 0 Å². The molecule has 1 aromatic rings. The first-order valence-electron chi connectivity index (χ1n) is 5.62. The summed E-state index contributed by atoms with van der Waals surface area (Å²) in [5.41, 5.74) is 0.0284. The van der Waals surface area contributed by atoms with Gasteiger partial charge in [0, 0.05) is 12.7 Å². The van der Waals surface area contributed by atoms with Gasteiger partial charge in [-0.1, -0.05) is 23.2 Å². The maximum atomic E-state index is 12.5. The first kappa shape index (κ1) is 13.6. The molecule has 0 bridgehead atoms. The number of amides is 1. The zero-order chi connectivity index (χ0) is 13.3. The quantitative estimate of drug-likeness (QED) is 0.746.